The van der Waals surface area contributed by atoms with Gasteiger partial charge in [-0.05, 0) is 25.3 Å². The number of nitro groups is 1. The lowest BCUT2D eigenvalue weighted by Crippen LogP contribution is -2.17. The van der Waals surface area contributed by atoms with Gasteiger partial charge in [-0.1, -0.05) is 28.1 Å². The van der Waals surface area contributed by atoms with Crippen molar-refractivity contribution in [2.75, 3.05) is 6.61 Å². The second-order valence-electron chi connectivity index (χ2n) is 3.68. The molecule has 0 aliphatic carbocycles. The Morgan fingerprint density at radius 2 is 2.06 bits per heavy atom. The summed E-state index contributed by atoms with van der Waals surface area (Å²) in [6.07, 6.45) is 1.25. The molecule has 1 rings (SSSR count). The first-order valence-electron chi connectivity index (χ1n) is 5.58. The number of halogens is 1. The van der Waals surface area contributed by atoms with Gasteiger partial charge in [0.15, 0.2) is 0 Å². The van der Waals surface area contributed by atoms with Gasteiger partial charge in [-0.25, -0.2) is 0 Å². The van der Waals surface area contributed by atoms with E-state index in [1.165, 1.54) is 12.1 Å². The molecule has 5 nitrogen and oxygen atoms in total. The minimum Gasteiger partial charge on any atom is -0.465 e. The van der Waals surface area contributed by atoms with E-state index in [0.717, 1.165) is 5.56 Å². The average Bonchev–Trinajstić information content (AvgIpc) is 2.36. The molecule has 0 spiro atoms. The predicted octanol–water partition coefficient (Wildman–Crippen LogP) is 2.85. The van der Waals surface area contributed by atoms with E-state index in [2.05, 4.69) is 15.9 Å². The molecule has 0 saturated heterocycles. The maximum absolute atomic E-state index is 11.3. The van der Waals surface area contributed by atoms with E-state index in [1.54, 1.807) is 19.1 Å². The number of aryl methyl sites for hydroxylation is 1. The van der Waals surface area contributed by atoms with Gasteiger partial charge in [-0.2, -0.15) is 0 Å². The van der Waals surface area contributed by atoms with Gasteiger partial charge in [-0.15, -0.1) is 0 Å². The van der Waals surface area contributed by atoms with Gasteiger partial charge < -0.3 is 4.74 Å². The normalized spacial score (nSPS) is 11.9. The van der Waals surface area contributed by atoms with Crippen LogP contribution in [0.4, 0.5) is 5.69 Å². The Balaban J connectivity index is 2.48. The lowest BCUT2D eigenvalue weighted by molar-refractivity contribution is -0.384. The number of alkyl halides is 1. The van der Waals surface area contributed by atoms with E-state index in [1.807, 2.05) is 0 Å². The van der Waals surface area contributed by atoms with Crippen LogP contribution in [-0.2, 0) is 16.0 Å². The zero-order valence-corrected chi connectivity index (χ0v) is 11.6. The molecule has 0 aromatic heterocycles. The fourth-order valence-electron chi connectivity index (χ4n) is 1.43. The van der Waals surface area contributed by atoms with Crippen LogP contribution in [0.15, 0.2) is 24.3 Å². The Morgan fingerprint density at radius 3 is 2.56 bits per heavy atom. The van der Waals surface area contributed by atoms with Gasteiger partial charge in [0.2, 0.25) is 0 Å². The molecule has 0 heterocycles. The van der Waals surface area contributed by atoms with Gasteiger partial charge in [0.1, 0.15) is 4.83 Å². The summed E-state index contributed by atoms with van der Waals surface area (Å²) < 4.78 is 4.87. The molecule has 1 aromatic carbocycles. The number of nitrogens with zero attached hydrogens (tertiary/aromatic N) is 1. The molecule has 0 fully saturated rings. The molecule has 1 aromatic rings. The highest BCUT2D eigenvalue weighted by Crippen LogP contribution is 2.16. The van der Waals surface area contributed by atoms with Gasteiger partial charge in [0.25, 0.3) is 5.69 Å². The predicted molar refractivity (Wildman–Crippen MR) is 70.8 cm³/mol. The number of hydrogen-bond acceptors (Lipinski definition) is 4. The molecule has 18 heavy (non-hydrogen) atoms. The Labute approximate surface area is 113 Å². The zero-order chi connectivity index (χ0) is 13.5. The van der Waals surface area contributed by atoms with Crippen LogP contribution in [0.3, 0.4) is 0 Å². The highest BCUT2D eigenvalue weighted by atomic mass is 79.9. The van der Waals surface area contributed by atoms with Crippen LogP contribution >= 0.6 is 15.9 Å². The minimum absolute atomic E-state index is 0.0690. The van der Waals surface area contributed by atoms with Gasteiger partial charge >= 0.3 is 5.97 Å². The molecular formula is C12H14BrNO4. The quantitative estimate of drug-likeness (QED) is 0.350. The number of carbonyl (C=O) groups excluding carboxylic acids is 1. The van der Waals surface area contributed by atoms with Crippen molar-refractivity contribution < 1.29 is 14.5 Å². The molecule has 0 radical (unpaired) electrons. The molecule has 1 unspecified atom stereocenters. The summed E-state index contributed by atoms with van der Waals surface area (Å²) in [5, 5.41) is 10.5. The first-order valence-corrected chi connectivity index (χ1v) is 6.50. The first kappa shape index (κ1) is 14.6. The fraction of sp³-hybridized carbons (Fsp3) is 0.417. The topological polar surface area (TPSA) is 69.4 Å². The maximum atomic E-state index is 11.3. The van der Waals surface area contributed by atoms with Crippen molar-refractivity contribution >= 4 is 27.6 Å². The maximum Gasteiger partial charge on any atom is 0.319 e. The number of nitro benzene ring substituents is 1. The standard InChI is InChI=1S/C12H14BrNO4/c1-2-18-12(15)11(13)8-5-9-3-6-10(7-4-9)14(16)17/h3-4,6-7,11H,2,5,8H2,1H3. The van der Waals surface area contributed by atoms with Crippen LogP contribution < -0.4 is 0 Å². The van der Waals surface area contributed by atoms with Crippen LogP contribution in [0.1, 0.15) is 18.9 Å². The molecule has 0 amide bonds. The third-order valence-electron chi connectivity index (χ3n) is 2.38. The number of esters is 1. The average molecular weight is 316 g/mol. The second kappa shape index (κ2) is 7.10. The van der Waals surface area contributed by atoms with Crippen LogP contribution in [-0.4, -0.2) is 22.3 Å². The van der Waals surface area contributed by atoms with E-state index in [0.29, 0.717) is 19.4 Å². The highest BCUT2D eigenvalue weighted by Gasteiger charge is 2.15. The molecule has 0 saturated carbocycles. The molecule has 0 N–H and O–H groups in total. The summed E-state index contributed by atoms with van der Waals surface area (Å²) in [5.74, 6) is -0.278. The smallest absolute Gasteiger partial charge is 0.319 e. The SMILES string of the molecule is CCOC(=O)C(Br)CCc1ccc([N+](=O)[O-])cc1. The summed E-state index contributed by atoms with van der Waals surface area (Å²) in [5.41, 5.74) is 1.02. The summed E-state index contributed by atoms with van der Waals surface area (Å²) in [6, 6.07) is 6.32. The summed E-state index contributed by atoms with van der Waals surface area (Å²) in [7, 11) is 0. The second-order valence-corrected chi connectivity index (χ2v) is 4.79. The van der Waals surface area contributed by atoms with Crippen molar-refractivity contribution in [3.63, 3.8) is 0 Å². The van der Waals surface area contributed by atoms with Gasteiger partial charge in [0, 0.05) is 12.1 Å². The molecule has 6 heteroatoms. The van der Waals surface area contributed by atoms with Crippen LogP contribution in [0, 0.1) is 10.1 Å². The van der Waals surface area contributed by atoms with E-state index in [-0.39, 0.29) is 16.5 Å². The van der Waals surface area contributed by atoms with Crippen LogP contribution in [0.2, 0.25) is 0 Å². The first-order chi connectivity index (χ1) is 8.54. The van der Waals surface area contributed by atoms with Crippen molar-refractivity contribution in [3.8, 4) is 0 Å². The Bertz CT molecular complexity index is 419. The fourth-order valence-corrected chi connectivity index (χ4v) is 1.79. The number of benzene rings is 1. The number of carbonyl (C=O) groups is 1. The minimum atomic E-state index is -0.435. The van der Waals surface area contributed by atoms with Crippen molar-refractivity contribution in [1.29, 1.82) is 0 Å². The highest BCUT2D eigenvalue weighted by molar-refractivity contribution is 9.10. The van der Waals surface area contributed by atoms with Gasteiger partial charge in [-0.3, -0.25) is 14.9 Å². The largest absolute Gasteiger partial charge is 0.465 e. The van der Waals surface area contributed by atoms with Crippen molar-refractivity contribution in [2.45, 2.75) is 24.6 Å². The molecule has 0 aliphatic heterocycles. The Kier molecular flexibility index (Phi) is 5.77. The van der Waals surface area contributed by atoms with E-state index in [4.69, 9.17) is 4.74 Å². The number of rotatable bonds is 6. The number of non-ortho nitro benzene ring substituents is 1. The third kappa shape index (κ3) is 4.44. The number of ether oxygens (including phenoxy) is 1. The third-order valence-corrected chi connectivity index (χ3v) is 3.21. The summed E-state index contributed by atoms with van der Waals surface area (Å²) >= 11 is 3.26. The molecule has 0 bridgehead atoms. The van der Waals surface area contributed by atoms with E-state index >= 15 is 0 Å². The Hall–Kier alpha value is -1.43. The van der Waals surface area contributed by atoms with Crippen molar-refractivity contribution in [3.05, 3.63) is 39.9 Å². The lowest BCUT2D eigenvalue weighted by Gasteiger charge is -2.08. The summed E-state index contributed by atoms with van der Waals surface area (Å²) in [6.45, 7) is 2.12. The van der Waals surface area contributed by atoms with Crippen molar-refractivity contribution in [1.82, 2.24) is 0 Å². The zero-order valence-electron chi connectivity index (χ0n) is 9.97. The van der Waals surface area contributed by atoms with E-state index in [9.17, 15) is 14.9 Å². The summed E-state index contributed by atoms with van der Waals surface area (Å²) in [4.78, 5) is 21.1. The molecular weight excluding hydrogens is 302 g/mol. The Morgan fingerprint density at radius 1 is 1.44 bits per heavy atom. The van der Waals surface area contributed by atoms with Gasteiger partial charge in [0.05, 0.1) is 11.5 Å². The molecule has 1 atom stereocenters. The van der Waals surface area contributed by atoms with Crippen LogP contribution in [0.5, 0.6) is 0 Å². The van der Waals surface area contributed by atoms with Crippen LogP contribution in [0.25, 0.3) is 0 Å². The monoisotopic (exact) mass is 315 g/mol. The molecule has 98 valence electrons. The molecule has 0 aliphatic rings. The lowest BCUT2D eigenvalue weighted by atomic mass is 10.1. The number of hydrogen-bond donors (Lipinski definition) is 0. The van der Waals surface area contributed by atoms with E-state index < -0.39 is 4.92 Å². The van der Waals surface area contributed by atoms with Crippen molar-refractivity contribution in [2.24, 2.45) is 0 Å².